The van der Waals surface area contributed by atoms with E-state index >= 15 is 0 Å². The molecule has 1 aromatic carbocycles. The molecule has 1 amide bonds. The number of nitrogens with two attached hydrogens (primary N) is 1. The predicted octanol–water partition coefficient (Wildman–Crippen LogP) is -0.102. The van der Waals surface area contributed by atoms with Crippen LogP contribution in [0.1, 0.15) is 6.92 Å². The second-order valence-corrected chi connectivity index (χ2v) is 5.95. The van der Waals surface area contributed by atoms with Gasteiger partial charge < -0.3 is 20.5 Å². The van der Waals surface area contributed by atoms with Gasteiger partial charge in [0.05, 0.1) is 19.1 Å². The van der Waals surface area contributed by atoms with Crippen molar-refractivity contribution in [2.75, 3.05) is 20.8 Å². The van der Waals surface area contributed by atoms with Crippen molar-refractivity contribution in [3.05, 3.63) is 18.2 Å². The Hall–Kier alpha value is -1.80. The Morgan fingerprint density at radius 2 is 1.90 bits per heavy atom. The van der Waals surface area contributed by atoms with Gasteiger partial charge in [-0.15, -0.1) is 0 Å². The zero-order valence-electron chi connectivity index (χ0n) is 11.5. The smallest absolute Gasteiger partial charge is 0.253 e. The lowest BCUT2D eigenvalue weighted by Gasteiger charge is -2.14. The Balaban J connectivity index is 3.19. The standard InChI is InChI=1S/C12H18N2O5S/c1-4-14-12(15)11(13)20(16,17)8-5-6-9(18-2)10(7-8)19-3/h5-7,11H,4,13H2,1-3H3,(H,14,15). The molecule has 0 aliphatic carbocycles. The Morgan fingerprint density at radius 1 is 1.30 bits per heavy atom. The summed E-state index contributed by atoms with van der Waals surface area (Å²) in [4.78, 5) is 11.5. The quantitative estimate of drug-likeness (QED) is 0.759. The van der Waals surface area contributed by atoms with Crippen LogP contribution in [0.4, 0.5) is 0 Å². The van der Waals surface area contributed by atoms with Gasteiger partial charge in [0, 0.05) is 12.6 Å². The van der Waals surface area contributed by atoms with Crippen LogP contribution in [0, 0.1) is 0 Å². The number of carbonyl (C=O) groups is 1. The molecule has 1 rings (SSSR count). The van der Waals surface area contributed by atoms with E-state index in [1.54, 1.807) is 6.92 Å². The number of rotatable bonds is 6. The fraction of sp³-hybridized carbons (Fsp3) is 0.417. The van der Waals surface area contributed by atoms with Crippen molar-refractivity contribution < 1.29 is 22.7 Å². The first kappa shape index (κ1) is 16.3. The van der Waals surface area contributed by atoms with Crippen molar-refractivity contribution in [2.45, 2.75) is 17.2 Å². The van der Waals surface area contributed by atoms with E-state index in [1.165, 1.54) is 32.4 Å². The largest absolute Gasteiger partial charge is 0.493 e. The molecule has 0 saturated carbocycles. The molecule has 0 spiro atoms. The van der Waals surface area contributed by atoms with Gasteiger partial charge in [0.15, 0.2) is 16.9 Å². The number of carbonyl (C=O) groups excluding carboxylic acids is 1. The number of nitrogens with one attached hydrogen (secondary N) is 1. The van der Waals surface area contributed by atoms with Crippen LogP contribution in [-0.4, -0.2) is 40.5 Å². The molecule has 1 unspecified atom stereocenters. The maximum absolute atomic E-state index is 12.2. The molecule has 0 aliphatic heterocycles. The Morgan fingerprint density at radius 3 is 2.40 bits per heavy atom. The lowest BCUT2D eigenvalue weighted by atomic mass is 10.3. The average molecular weight is 302 g/mol. The first-order valence-electron chi connectivity index (χ1n) is 5.87. The Labute approximate surface area is 118 Å². The highest BCUT2D eigenvalue weighted by Gasteiger charge is 2.30. The molecule has 0 aliphatic rings. The fourth-order valence-corrected chi connectivity index (χ4v) is 2.74. The van der Waals surface area contributed by atoms with Crippen molar-refractivity contribution in [2.24, 2.45) is 5.73 Å². The summed E-state index contributed by atoms with van der Waals surface area (Å²) < 4.78 is 34.5. The third-order valence-corrected chi connectivity index (χ3v) is 4.42. The van der Waals surface area contributed by atoms with Crippen LogP contribution in [-0.2, 0) is 14.6 Å². The molecule has 3 N–H and O–H groups in total. The second-order valence-electron chi connectivity index (χ2n) is 3.88. The van der Waals surface area contributed by atoms with E-state index in [0.717, 1.165) is 0 Å². The molecule has 1 atom stereocenters. The molecule has 20 heavy (non-hydrogen) atoms. The number of sulfone groups is 1. The van der Waals surface area contributed by atoms with Crippen molar-refractivity contribution in [3.8, 4) is 11.5 Å². The van der Waals surface area contributed by atoms with E-state index in [1.807, 2.05) is 0 Å². The summed E-state index contributed by atoms with van der Waals surface area (Å²) >= 11 is 0. The summed E-state index contributed by atoms with van der Waals surface area (Å²) in [5.74, 6) is -0.114. The number of benzene rings is 1. The van der Waals surface area contributed by atoms with Gasteiger partial charge in [-0.3, -0.25) is 4.79 Å². The summed E-state index contributed by atoms with van der Waals surface area (Å²) in [6, 6.07) is 4.03. The summed E-state index contributed by atoms with van der Waals surface area (Å²) in [5, 5.41) is 0.707. The SMILES string of the molecule is CCNC(=O)C(N)S(=O)(=O)c1ccc(OC)c(OC)c1. The van der Waals surface area contributed by atoms with Crippen LogP contribution in [0.25, 0.3) is 0 Å². The maximum atomic E-state index is 12.2. The van der Waals surface area contributed by atoms with E-state index in [4.69, 9.17) is 15.2 Å². The first-order chi connectivity index (χ1) is 9.38. The van der Waals surface area contributed by atoms with Crippen molar-refractivity contribution in [3.63, 3.8) is 0 Å². The van der Waals surface area contributed by atoms with E-state index in [0.29, 0.717) is 12.3 Å². The maximum Gasteiger partial charge on any atom is 0.253 e. The number of ether oxygens (including phenoxy) is 2. The van der Waals surface area contributed by atoms with Gasteiger partial charge in [-0.1, -0.05) is 0 Å². The molecule has 7 nitrogen and oxygen atoms in total. The molecular weight excluding hydrogens is 284 g/mol. The summed E-state index contributed by atoms with van der Waals surface area (Å²) in [7, 11) is -1.16. The van der Waals surface area contributed by atoms with Gasteiger partial charge in [0.25, 0.3) is 5.91 Å². The topological polar surface area (TPSA) is 108 Å². The van der Waals surface area contributed by atoms with Crippen LogP contribution in [0.2, 0.25) is 0 Å². The van der Waals surface area contributed by atoms with E-state index < -0.39 is 21.1 Å². The molecule has 0 radical (unpaired) electrons. The molecule has 0 fully saturated rings. The normalized spacial score (nSPS) is 12.6. The van der Waals surface area contributed by atoms with Crippen LogP contribution < -0.4 is 20.5 Å². The third kappa shape index (κ3) is 3.20. The van der Waals surface area contributed by atoms with Gasteiger partial charge in [-0.25, -0.2) is 8.42 Å². The lowest BCUT2D eigenvalue weighted by molar-refractivity contribution is -0.120. The van der Waals surface area contributed by atoms with E-state index in [-0.39, 0.29) is 10.6 Å². The predicted molar refractivity (Wildman–Crippen MR) is 73.4 cm³/mol. The van der Waals surface area contributed by atoms with Crippen LogP contribution >= 0.6 is 0 Å². The number of likely N-dealkylation sites (N-methyl/N-ethyl adjacent to an activating group) is 1. The van der Waals surface area contributed by atoms with Gasteiger partial charge >= 0.3 is 0 Å². The molecule has 0 aromatic heterocycles. The average Bonchev–Trinajstić information content (AvgIpc) is 2.45. The first-order valence-corrected chi connectivity index (χ1v) is 7.42. The second kappa shape index (κ2) is 6.58. The van der Waals surface area contributed by atoms with Gasteiger partial charge in [0.2, 0.25) is 9.84 Å². The van der Waals surface area contributed by atoms with Gasteiger partial charge in [0.1, 0.15) is 0 Å². The summed E-state index contributed by atoms with van der Waals surface area (Å²) in [5.41, 5.74) is 5.50. The molecule has 112 valence electrons. The highest BCUT2D eigenvalue weighted by atomic mass is 32.2. The molecule has 1 aromatic rings. The molecule has 0 bridgehead atoms. The van der Waals surface area contributed by atoms with E-state index in [9.17, 15) is 13.2 Å². The lowest BCUT2D eigenvalue weighted by Crippen LogP contribution is -2.45. The number of hydrogen-bond acceptors (Lipinski definition) is 6. The van der Waals surface area contributed by atoms with Crippen molar-refractivity contribution in [1.29, 1.82) is 0 Å². The summed E-state index contributed by atoms with van der Waals surface area (Å²) in [6.45, 7) is 1.97. The summed E-state index contributed by atoms with van der Waals surface area (Å²) in [6.07, 6.45) is 0. The van der Waals surface area contributed by atoms with Crippen LogP contribution in [0.5, 0.6) is 11.5 Å². The minimum Gasteiger partial charge on any atom is -0.493 e. The van der Waals surface area contributed by atoms with Gasteiger partial charge in [-0.05, 0) is 19.1 Å². The Kier molecular flexibility index (Phi) is 5.34. The van der Waals surface area contributed by atoms with Gasteiger partial charge in [-0.2, -0.15) is 0 Å². The zero-order valence-corrected chi connectivity index (χ0v) is 12.4. The van der Waals surface area contributed by atoms with Crippen molar-refractivity contribution in [1.82, 2.24) is 5.32 Å². The molecule has 0 heterocycles. The van der Waals surface area contributed by atoms with E-state index in [2.05, 4.69) is 5.32 Å². The highest BCUT2D eigenvalue weighted by Crippen LogP contribution is 2.30. The molecule has 0 saturated heterocycles. The minimum atomic E-state index is -3.99. The fourth-order valence-electron chi connectivity index (χ4n) is 1.56. The monoisotopic (exact) mass is 302 g/mol. The number of hydrogen-bond donors (Lipinski definition) is 2. The number of methoxy groups -OCH3 is 2. The molecule has 8 heteroatoms. The Bertz CT molecular complexity index is 586. The van der Waals surface area contributed by atoms with Crippen molar-refractivity contribution >= 4 is 15.7 Å². The van der Waals surface area contributed by atoms with Crippen LogP contribution in [0.15, 0.2) is 23.1 Å². The zero-order chi connectivity index (χ0) is 15.3. The third-order valence-electron chi connectivity index (χ3n) is 2.63. The molecular formula is C12H18N2O5S. The highest BCUT2D eigenvalue weighted by molar-refractivity contribution is 7.92. The minimum absolute atomic E-state index is 0.103. The number of amides is 1. The van der Waals surface area contributed by atoms with Crippen LogP contribution in [0.3, 0.4) is 0 Å².